The Morgan fingerprint density at radius 3 is 2.26 bits per heavy atom. The first-order chi connectivity index (χ1) is 16.6. The normalized spacial score (nSPS) is 15.7. The van der Waals surface area contributed by atoms with Gasteiger partial charge < -0.3 is 14.7 Å². The number of aryl methyl sites for hydroxylation is 2. The lowest BCUT2D eigenvalue weighted by Crippen LogP contribution is -2.47. The zero-order valence-electron chi connectivity index (χ0n) is 19.9. The summed E-state index contributed by atoms with van der Waals surface area (Å²) in [6.07, 6.45) is 1.76. The van der Waals surface area contributed by atoms with E-state index in [9.17, 15) is 5.11 Å². The summed E-state index contributed by atoms with van der Waals surface area (Å²) in [5, 5.41) is 15.7. The van der Waals surface area contributed by atoms with Gasteiger partial charge in [-0.3, -0.25) is 4.90 Å². The van der Waals surface area contributed by atoms with Crippen LogP contribution in [0.1, 0.15) is 41.7 Å². The lowest BCUT2D eigenvalue weighted by molar-refractivity contribution is 0.211. The number of piperazine rings is 1. The second-order valence-corrected chi connectivity index (χ2v) is 9.59. The van der Waals surface area contributed by atoms with Crippen molar-refractivity contribution in [2.24, 2.45) is 0 Å². The molecule has 7 nitrogen and oxygen atoms in total. The Bertz CT molecular complexity index is 1240. The highest BCUT2D eigenvalue weighted by atomic mass is 32.1. The summed E-state index contributed by atoms with van der Waals surface area (Å²) in [5.74, 6) is 1.83. The predicted molar refractivity (Wildman–Crippen MR) is 136 cm³/mol. The van der Waals surface area contributed by atoms with E-state index in [1.165, 1.54) is 28.2 Å². The van der Waals surface area contributed by atoms with E-state index < -0.39 is 0 Å². The van der Waals surface area contributed by atoms with Crippen molar-refractivity contribution in [2.75, 3.05) is 38.2 Å². The standard InChI is InChI=1S/C26H31N5O2S/c1-4-18-6-8-19(9-7-18)23(24-25(32)31-26(34-24)27-22(5-2)28-31)30-16-14-29(15-17-30)20-10-12-21(33-3)13-11-20/h6-13,23,32H,4-5,14-17H2,1-3H3. The molecular weight excluding hydrogens is 446 g/mol. The van der Waals surface area contributed by atoms with Gasteiger partial charge in [-0.25, -0.2) is 4.98 Å². The molecule has 3 heterocycles. The van der Waals surface area contributed by atoms with Gasteiger partial charge in [0.1, 0.15) is 5.75 Å². The molecule has 5 rings (SSSR count). The van der Waals surface area contributed by atoms with Crippen LogP contribution in [-0.4, -0.2) is 57.9 Å². The molecule has 2 aromatic carbocycles. The second-order valence-electron chi connectivity index (χ2n) is 8.58. The van der Waals surface area contributed by atoms with Crippen LogP contribution in [0.2, 0.25) is 0 Å². The maximum atomic E-state index is 11.2. The molecule has 1 fully saturated rings. The molecule has 0 spiro atoms. The SMILES string of the molecule is CCc1ccc(C(c2sc3nc(CC)nn3c2O)N2CCN(c3ccc(OC)cc3)CC2)cc1. The lowest BCUT2D eigenvalue weighted by Gasteiger charge is -2.40. The fourth-order valence-electron chi connectivity index (χ4n) is 4.61. The number of anilines is 1. The van der Waals surface area contributed by atoms with Crippen LogP contribution in [0.3, 0.4) is 0 Å². The fraction of sp³-hybridized carbons (Fsp3) is 0.385. The van der Waals surface area contributed by atoms with E-state index >= 15 is 0 Å². The molecule has 0 amide bonds. The molecule has 1 unspecified atom stereocenters. The van der Waals surface area contributed by atoms with Gasteiger partial charge in [0.05, 0.1) is 18.0 Å². The van der Waals surface area contributed by atoms with Crippen LogP contribution in [-0.2, 0) is 12.8 Å². The molecule has 0 radical (unpaired) electrons. The summed E-state index contributed by atoms with van der Waals surface area (Å²) in [6, 6.07) is 17.0. The molecule has 1 aliphatic heterocycles. The molecule has 1 atom stereocenters. The number of benzene rings is 2. The molecule has 4 aromatic rings. The summed E-state index contributed by atoms with van der Waals surface area (Å²) in [5.41, 5.74) is 3.70. The second kappa shape index (κ2) is 9.64. The minimum Gasteiger partial charge on any atom is -0.497 e. The van der Waals surface area contributed by atoms with Gasteiger partial charge in [-0.2, -0.15) is 4.52 Å². The van der Waals surface area contributed by atoms with Crippen molar-refractivity contribution >= 4 is 22.0 Å². The molecule has 0 saturated carbocycles. The number of nitrogens with zero attached hydrogens (tertiary/aromatic N) is 5. The van der Waals surface area contributed by atoms with Crippen molar-refractivity contribution in [1.82, 2.24) is 19.5 Å². The Morgan fingerprint density at radius 2 is 1.68 bits per heavy atom. The Labute approximate surface area is 204 Å². The topological polar surface area (TPSA) is 66.1 Å². The van der Waals surface area contributed by atoms with Gasteiger partial charge in [-0.05, 0) is 41.8 Å². The largest absolute Gasteiger partial charge is 0.497 e. The average molecular weight is 478 g/mol. The maximum Gasteiger partial charge on any atom is 0.230 e. The van der Waals surface area contributed by atoms with Crippen LogP contribution in [0.4, 0.5) is 5.69 Å². The molecule has 0 aliphatic carbocycles. The van der Waals surface area contributed by atoms with E-state index in [0.29, 0.717) is 0 Å². The van der Waals surface area contributed by atoms with Gasteiger partial charge in [-0.1, -0.05) is 49.4 Å². The van der Waals surface area contributed by atoms with Crippen molar-refractivity contribution in [2.45, 2.75) is 32.7 Å². The van der Waals surface area contributed by atoms with Gasteiger partial charge >= 0.3 is 0 Å². The Morgan fingerprint density at radius 1 is 0.971 bits per heavy atom. The van der Waals surface area contributed by atoms with Gasteiger partial charge in [0.2, 0.25) is 10.8 Å². The van der Waals surface area contributed by atoms with E-state index in [2.05, 4.69) is 63.2 Å². The molecular formula is C26H31N5O2S. The van der Waals surface area contributed by atoms with Crippen LogP contribution in [0.15, 0.2) is 48.5 Å². The number of fused-ring (bicyclic) bond motifs is 1. The maximum absolute atomic E-state index is 11.2. The summed E-state index contributed by atoms with van der Waals surface area (Å²) >= 11 is 1.54. The highest BCUT2D eigenvalue weighted by molar-refractivity contribution is 7.17. The smallest absolute Gasteiger partial charge is 0.230 e. The highest BCUT2D eigenvalue weighted by Gasteiger charge is 2.31. The zero-order chi connectivity index (χ0) is 23.7. The molecule has 2 aromatic heterocycles. The van der Waals surface area contributed by atoms with Crippen LogP contribution >= 0.6 is 11.3 Å². The average Bonchev–Trinajstić information content (AvgIpc) is 3.44. The number of aromatic hydroxyl groups is 1. The van der Waals surface area contributed by atoms with Crippen LogP contribution in [0.25, 0.3) is 4.96 Å². The zero-order valence-corrected chi connectivity index (χ0v) is 20.8. The third kappa shape index (κ3) is 4.23. The molecule has 8 heteroatoms. The number of rotatable bonds is 7. The first-order valence-electron chi connectivity index (χ1n) is 11.9. The van der Waals surface area contributed by atoms with Gasteiger partial charge in [0.25, 0.3) is 0 Å². The summed E-state index contributed by atoms with van der Waals surface area (Å²) in [4.78, 5) is 11.1. The van der Waals surface area contributed by atoms with Gasteiger partial charge in [0, 0.05) is 38.3 Å². The Kier molecular flexibility index (Phi) is 6.43. The molecule has 1 N–H and O–H groups in total. The lowest BCUT2D eigenvalue weighted by atomic mass is 10.0. The number of hydrogen-bond acceptors (Lipinski definition) is 7. The van der Waals surface area contributed by atoms with Crippen molar-refractivity contribution in [1.29, 1.82) is 0 Å². The number of aromatic nitrogens is 3. The van der Waals surface area contributed by atoms with Crippen molar-refractivity contribution in [3.63, 3.8) is 0 Å². The molecule has 34 heavy (non-hydrogen) atoms. The van der Waals surface area contributed by atoms with Crippen molar-refractivity contribution < 1.29 is 9.84 Å². The van der Waals surface area contributed by atoms with Gasteiger partial charge in [0.15, 0.2) is 5.82 Å². The third-order valence-corrected chi connectivity index (χ3v) is 7.70. The molecule has 178 valence electrons. The Balaban J connectivity index is 1.44. The van der Waals surface area contributed by atoms with E-state index in [1.54, 1.807) is 11.6 Å². The minimum absolute atomic E-state index is 0.0394. The summed E-state index contributed by atoms with van der Waals surface area (Å²) < 4.78 is 6.90. The van der Waals surface area contributed by atoms with E-state index in [-0.39, 0.29) is 11.9 Å². The first kappa shape index (κ1) is 22.7. The summed E-state index contributed by atoms with van der Waals surface area (Å²) in [7, 11) is 1.69. The van der Waals surface area contributed by atoms with Crippen LogP contribution in [0.5, 0.6) is 11.6 Å². The van der Waals surface area contributed by atoms with E-state index in [0.717, 1.165) is 60.4 Å². The minimum atomic E-state index is -0.0394. The van der Waals surface area contributed by atoms with Gasteiger partial charge in [-0.15, -0.1) is 5.10 Å². The van der Waals surface area contributed by atoms with E-state index in [4.69, 9.17) is 4.74 Å². The number of thiazole rings is 1. The number of hydrogen-bond donors (Lipinski definition) is 1. The van der Waals surface area contributed by atoms with Crippen molar-refractivity contribution in [3.8, 4) is 11.6 Å². The summed E-state index contributed by atoms with van der Waals surface area (Å²) in [6.45, 7) is 7.80. The van der Waals surface area contributed by atoms with Crippen LogP contribution < -0.4 is 9.64 Å². The third-order valence-electron chi connectivity index (χ3n) is 6.63. The van der Waals surface area contributed by atoms with E-state index in [1.807, 2.05) is 19.1 Å². The predicted octanol–water partition coefficient (Wildman–Crippen LogP) is 4.54. The molecule has 1 saturated heterocycles. The fourth-order valence-corrected chi connectivity index (χ4v) is 5.75. The number of methoxy groups -OCH3 is 1. The number of ether oxygens (including phenoxy) is 1. The molecule has 0 bridgehead atoms. The quantitative estimate of drug-likeness (QED) is 0.422. The first-order valence-corrected chi connectivity index (χ1v) is 12.7. The van der Waals surface area contributed by atoms with Crippen molar-refractivity contribution in [3.05, 3.63) is 70.4 Å². The Hall–Kier alpha value is -3.10. The monoisotopic (exact) mass is 477 g/mol. The molecule has 1 aliphatic rings. The highest BCUT2D eigenvalue weighted by Crippen LogP contribution is 2.40. The van der Waals surface area contributed by atoms with Crippen LogP contribution in [0, 0.1) is 0 Å².